The molecule has 0 spiro atoms. The van der Waals surface area contributed by atoms with E-state index in [1.165, 1.54) is 25.0 Å². The van der Waals surface area contributed by atoms with Crippen molar-refractivity contribution >= 4 is 17.7 Å². The number of nitrogens with one attached hydrogen (secondary N) is 2. The number of fused-ring (bicyclic) bond motifs is 2. The van der Waals surface area contributed by atoms with E-state index in [0.29, 0.717) is 11.8 Å². The second kappa shape index (κ2) is 10.1. The van der Waals surface area contributed by atoms with Crippen LogP contribution in [0, 0.1) is 28.6 Å². The Labute approximate surface area is 215 Å². The zero-order chi connectivity index (χ0) is 26.3. The van der Waals surface area contributed by atoms with Crippen LogP contribution in [0.1, 0.15) is 90.6 Å². The molecule has 5 rings (SSSR count). The lowest BCUT2D eigenvalue weighted by Crippen LogP contribution is -2.69. The van der Waals surface area contributed by atoms with Crippen molar-refractivity contribution in [1.82, 2.24) is 25.5 Å². The van der Waals surface area contributed by atoms with Crippen molar-refractivity contribution in [2.24, 2.45) is 28.6 Å². The lowest BCUT2D eigenvalue weighted by molar-refractivity contribution is -0.170. The van der Waals surface area contributed by atoms with Crippen molar-refractivity contribution in [3.8, 4) is 0 Å². The Morgan fingerprint density at radius 1 is 1.08 bits per heavy atom. The molecule has 3 amide bonds. The number of amides is 3. The fourth-order valence-corrected chi connectivity index (χ4v) is 6.64. The normalized spacial score (nSPS) is 27.4. The summed E-state index contributed by atoms with van der Waals surface area (Å²) in [6.07, 6.45) is 10.5. The van der Waals surface area contributed by atoms with Crippen LogP contribution in [0.15, 0.2) is 18.6 Å². The van der Waals surface area contributed by atoms with Crippen LogP contribution in [0.25, 0.3) is 0 Å². The molecule has 3 heterocycles. The summed E-state index contributed by atoms with van der Waals surface area (Å²) < 4.78 is 0. The van der Waals surface area contributed by atoms with Gasteiger partial charge in [-0.1, -0.05) is 53.9 Å². The number of piperidine rings is 2. The maximum absolute atomic E-state index is 13.9. The zero-order valence-corrected chi connectivity index (χ0v) is 22.7. The molecule has 2 unspecified atom stereocenters. The topological polar surface area (TPSA) is 104 Å². The van der Waals surface area contributed by atoms with E-state index in [1.807, 2.05) is 25.7 Å². The van der Waals surface area contributed by atoms with Gasteiger partial charge in [0, 0.05) is 25.0 Å². The van der Waals surface area contributed by atoms with Gasteiger partial charge in [0.15, 0.2) is 0 Å². The van der Waals surface area contributed by atoms with E-state index >= 15 is 0 Å². The summed E-state index contributed by atoms with van der Waals surface area (Å²) in [5.41, 5.74) is -0.0400. The van der Waals surface area contributed by atoms with Crippen molar-refractivity contribution in [1.29, 1.82) is 0 Å². The average molecular weight is 498 g/mol. The van der Waals surface area contributed by atoms with E-state index in [9.17, 15) is 14.4 Å². The number of hydrogen-bond acceptors (Lipinski definition) is 5. The first-order valence-corrected chi connectivity index (χ1v) is 13.6. The molecule has 1 aromatic rings. The molecular formula is C28H43N5O3. The molecule has 2 saturated heterocycles. The minimum atomic E-state index is -0.719. The van der Waals surface area contributed by atoms with Gasteiger partial charge in [0.1, 0.15) is 17.8 Å². The zero-order valence-electron chi connectivity index (χ0n) is 22.7. The lowest BCUT2D eigenvalue weighted by atomic mass is 9.50. The standard InChI is InChI=1S/C28H43N5O3/c1-17-20-14-19(28(20,5)6)16-33(17)26(36)23(27(2,3)4)32-25(35)22(18-10-8-7-9-11-18)31-24(34)21-15-29-12-13-30-21/h12-13,15,17-20,22-23H,7-11,14,16H2,1-6H3,(H,31,34)(H,32,35)/t17-,19?,20+,22?,23-/m1/s1. The van der Waals surface area contributed by atoms with Gasteiger partial charge in [0.25, 0.3) is 5.91 Å². The van der Waals surface area contributed by atoms with Crippen molar-refractivity contribution in [2.45, 2.75) is 98.2 Å². The van der Waals surface area contributed by atoms with Crippen LogP contribution in [0.2, 0.25) is 0 Å². The van der Waals surface area contributed by atoms with Gasteiger partial charge in [-0.05, 0) is 54.8 Å². The van der Waals surface area contributed by atoms with Crippen LogP contribution >= 0.6 is 0 Å². The van der Waals surface area contributed by atoms with E-state index < -0.39 is 23.4 Å². The van der Waals surface area contributed by atoms with Crippen molar-refractivity contribution in [2.75, 3.05) is 6.54 Å². The Balaban J connectivity index is 1.53. The van der Waals surface area contributed by atoms with Crippen molar-refractivity contribution < 1.29 is 14.4 Å². The van der Waals surface area contributed by atoms with Crippen molar-refractivity contribution in [3.63, 3.8) is 0 Å². The first kappa shape index (κ1) is 26.6. The number of carbonyl (C=O) groups excluding carboxylic acids is 3. The molecular weight excluding hydrogens is 454 g/mol. The Bertz CT molecular complexity index is 967. The third kappa shape index (κ3) is 5.14. The smallest absolute Gasteiger partial charge is 0.272 e. The number of aromatic nitrogens is 2. The molecule has 198 valence electrons. The van der Waals surface area contributed by atoms with Crippen LogP contribution in [-0.2, 0) is 9.59 Å². The first-order chi connectivity index (χ1) is 16.9. The summed E-state index contributed by atoms with van der Waals surface area (Å²) in [6, 6.07) is -1.25. The second-order valence-corrected chi connectivity index (χ2v) is 12.8. The molecule has 4 aliphatic rings. The predicted molar refractivity (Wildman–Crippen MR) is 138 cm³/mol. The van der Waals surface area contributed by atoms with Crippen molar-refractivity contribution in [3.05, 3.63) is 24.3 Å². The largest absolute Gasteiger partial charge is 0.342 e. The fraction of sp³-hybridized carbons (Fsp3) is 0.750. The third-order valence-electron chi connectivity index (χ3n) is 9.21. The number of hydrogen-bond donors (Lipinski definition) is 2. The number of rotatable bonds is 6. The maximum atomic E-state index is 13.9. The molecule has 1 aromatic heterocycles. The van der Waals surface area contributed by atoms with Crippen LogP contribution in [0.4, 0.5) is 0 Å². The van der Waals surface area contributed by atoms with Gasteiger partial charge in [-0.15, -0.1) is 0 Å². The van der Waals surface area contributed by atoms with Crippen LogP contribution in [0.3, 0.4) is 0 Å². The van der Waals surface area contributed by atoms with E-state index in [0.717, 1.165) is 38.6 Å². The highest BCUT2D eigenvalue weighted by molar-refractivity contribution is 5.97. The Morgan fingerprint density at radius 3 is 2.33 bits per heavy atom. The molecule has 0 aromatic carbocycles. The quantitative estimate of drug-likeness (QED) is 0.625. The Morgan fingerprint density at radius 2 is 1.78 bits per heavy atom. The summed E-state index contributed by atoms with van der Waals surface area (Å²) in [5.74, 6) is 0.286. The fourth-order valence-electron chi connectivity index (χ4n) is 6.64. The molecule has 8 nitrogen and oxygen atoms in total. The van der Waals surface area contributed by atoms with Gasteiger partial charge >= 0.3 is 0 Å². The SMILES string of the molecule is C[C@@H]1[C@@H]2CC(CN1C(=O)[C@@H](NC(=O)C(NC(=O)c1cnccn1)C1CCCCC1)C(C)(C)C)C2(C)C. The summed E-state index contributed by atoms with van der Waals surface area (Å²) in [5, 5.41) is 6.03. The van der Waals surface area contributed by atoms with Crippen LogP contribution < -0.4 is 10.6 Å². The van der Waals surface area contributed by atoms with E-state index in [4.69, 9.17) is 0 Å². The molecule has 2 N–H and O–H groups in total. The van der Waals surface area contributed by atoms with Crippen LogP contribution in [0.5, 0.6) is 0 Å². The molecule has 8 heteroatoms. The first-order valence-electron chi connectivity index (χ1n) is 13.6. The lowest BCUT2D eigenvalue weighted by Gasteiger charge is -2.63. The average Bonchev–Trinajstić information content (AvgIpc) is 2.85. The summed E-state index contributed by atoms with van der Waals surface area (Å²) >= 11 is 0. The molecule has 2 saturated carbocycles. The van der Waals surface area contributed by atoms with Gasteiger partial charge in [0.05, 0.1) is 6.20 Å². The number of nitrogens with zero attached hydrogens (tertiary/aromatic N) is 3. The molecule has 2 bridgehead atoms. The monoisotopic (exact) mass is 497 g/mol. The minimum Gasteiger partial charge on any atom is -0.342 e. The Kier molecular flexibility index (Phi) is 7.45. The predicted octanol–water partition coefficient (Wildman–Crippen LogP) is 3.58. The van der Waals surface area contributed by atoms with Gasteiger partial charge in [-0.25, -0.2) is 4.98 Å². The highest BCUT2D eigenvalue weighted by atomic mass is 16.2. The molecule has 4 fully saturated rings. The third-order valence-corrected chi connectivity index (χ3v) is 9.21. The van der Waals surface area contributed by atoms with Gasteiger partial charge in [-0.2, -0.15) is 0 Å². The van der Waals surface area contributed by atoms with E-state index in [2.05, 4.69) is 41.4 Å². The maximum Gasteiger partial charge on any atom is 0.272 e. The van der Waals surface area contributed by atoms with Gasteiger partial charge in [0.2, 0.25) is 11.8 Å². The van der Waals surface area contributed by atoms with Crippen LogP contribution in [-0.4, -0.2) is 57.3 Å². The van der Waals surface area contributed by atoms with Gasteiger partial charge < -0.3 is 15.5 Å². The van der Waals surface area contributed by atoms with E-state index in [-0.39, 0.29) is 34.9 Å². The van der Waals surface area contributed by atoms with E-state index in [1.54, 1.807) is 0 Å². The highest BCUT2D eigenvalue weighted by Crippen LogP contribution is 2.57. The highest BCUT2D eigenvalue weighted by Gasteiger charge is 2.57. The summed E-state index contributed by atoms with van der Waals surface area (Å²) in [6.45, 7) is 13.5. The summed E-state index contributed by atoms with van der Waals surface area (Å²) in [4.78, 5) is 50.7. The molecule has 0 radical (unpaired) electrons. The number of carbonyl (C=O) groups is 3. The van der Waals surface area contributed by atoms with Gasteiger partial charge in [-0.3, -0.25) is 19.4 Å². The second-order valence-electron chi connectivity index (χ2n) is 12.8. The molecule has 36 heavy (non-hydrogen) atoms. The minimum absolute atomic E-state index is 0.0174. The molecule has 5 atom stereocenters. The molecule has 2 aliphatic heterocycles. The Hall–Kier alpha value is -2.51. The summed E-state index contributed by atoms with van der Waals surface area (Å²) in [7, 11) is 0. The molecule has 2 aliphatic carbocycles.